The minimum atomic E-state index is -0.0140. The maximum Gasteiger partial charge on any atom is 0.119 e. The zero-order valence-electron chi connectivity index (χ0n) is 25.6. The van der Waals surface area contributed by atoms with Crippen molar-refractivity contribution in [3.05, 3.63) is 119 Å². The van der Waals surface area contributed by atoms with E-state index in [0.717, 1.165) is 49.4 Å². The van der Waals surface area contributed by atoms with E-state index < -0.39 is 0 Å². The van der Waals surface area contributed by atoms with E-state index >= 15 is 0 Å². The maximum absolute atomic E-state index is 5.98. The molecule has 4 aromatic carbocycles. The van der Waals surface area contributed by atoms with Crippen molar-refractivity contribution >= 4 is 0 Å². The van der Waals surface area contributed by atoms with Gasteiger partial charge >= 0.3 is 0 Å². The normalized spacial score (nSPS) is 23.6. The van der Waals surface area contributed by atoms with Crippen molar-refractivity contribution in [2.75, 3.05) is 52.9 Å². The summed E-state index contributed by atoms with van der Waals surface area (Å²) in [6.45, 7) is 5.36. The standard InChI is InChI=1S/C38H38O8/c1-9-29(39-17-33-21-43-33)10-2-25(1)37(26-3-11-30(12-4-26)40-18-34-22-44-34)38(27-5-13-31(14-6-27)41-19-35-23-45-35)28-7-15-32(16-8-28)42-20-36-24-46-36/h1-16,33-38H,17-24H2/t33-,34?,35?,36?,37?,38?/m0/s1. The minimum absolute atomic E-state index is 0.0140. The van der Waals surface area contributed by atoms with Gasteiger partial charge in [-0.15, -0.1) is 0 Å². The van der Waals surface area contributed by atoms with Crippen molar-refractivity contribution in [2.24, 2.45) is 0 Å². The van der Waals surface area contributed by atoms with Crippen molar-refractivity contribution in [3.8, 4) is 23.0 Å². The van der Waals surface area contributed by atoms with Gasteiger partial charge in [-0.2, -0.15) is 0 Å². The number of hydrogen-bond acceptors (Lipinski definition) is 8. The highest BCUT2D eigenvalue weighted by Gasteiger charge is 2.30. The fraction of sp³-hybridized carbons (Fsp3) is 0.368. The molecule has 8 nitrogen and oxygen atoms in total. The van der Waals surface area contributed by atoms with Crippen molar-refractivity contribution in [2.45, 2.75) is 36.3 Å². The molecular weight excluding hydrogens is 584 g/mol. The highest BCUT2D eigenvalue weighted by Crippen LogP contribution is 2.44. The predicted octanol–water partition coefficient (Wildman–Crippen LogP) is 5.76. The predicted molar refractivity (Wildman–Crippen MR) is 170 cm³/mol. The second-order valence-electron chi connectivity index (χ2n) is 12.3. The van der Waals surface area contributed by atoms with Crippen LogP contribution in [0.2, 0.25) is 0 Å². The molecule has 4 saturated heterocycles. The Labute approximate surface area is 269 Å². The van der Waals surface area contributed by atoms with Gasteiger partial charge in [0.1, 0.15) is 73.8 Å². The van der Waals surface area contributed by atoms with Crippen LogP contribution in [-0.4, -0.2) is 77.3 Å². The molecule has 0 aromatic heterocycles. The Balaban J connectivity index is 1.13. The van der Waals surface area contributed by atoms with Crippen LogP contribution in [-0.2, 0) is 18.9 Å². The summed E-state index contributed by atoms with van der Waals surface area (Å²) in [7, 11) is 0. The zero-order valence-corrected chi connectivity index (χ0v) is 25.6. The third-order valence-corrected chi connectivity index (χ3v) is 8.64. The quantitative estimate of drug-likeness (QED) is 0.138. The summed E-state index contributed by atoms with van der Waals surface area (Å²) >= 11 is 0. The molecule has 0 amide bonds. The lowest BCUT2D eigenvalue weighted by atomic mass is 9.73. The van der Waals surface area contributed by atoms with Gasteiger partial charge in [0.25, 0.3) is 0 Å². The lowest BCUT2D eigenvalue weighted by molar-refractivity contribution is 0.263. The van der Waals surface area contributed by atoms with E-state index in [1.54, 1.807) is 0 Å². The number of rotatable bonds is 17. The monoisotopic (exact) mass is 622 g/mol. The average Bonchev–Trinajstić information content (AvgIpc) is 3.91. The van der Waals surface area contributed by atoms with Crippen LogP contribution in [0.25, 0.3) is 0 Å². The van der Waals surface area contributed by atoms with Crippen LogP contribution in [0.5, 0.6) is 23.0 Å². The molecule has 4 unspecified atom stereocenters. The van der Waals surface area contributed by atoms with Crippen LogP contribution in [0.1, 0.15) is 34.1 Å². The molecule has 5 atom stereocenters. The van der Waals surface area contributed by atoms with Crippen LogP contribution in [0, 0.1) is 0 Å². The van der Waals surface area contributed by atoms with Crippen molar-refractivity contribution in [3.63, 3.8) is 0 Å². The van der Waals surface area contributed by atoms with E-state index in [9.17, 15) is 0 Å². The molecule has 0 bridgehead atoms. The Kier molecular flexibility index (Phi) is 8.51. The largest absolute Gasteiger partial charge is 0.491 e. The first-order valence-electron chi connectivity index (χ1n) is 16.1. The molecule has 0 radical (unpaired) electrons. The molecule has 8 rings (SSSR count). The van der Waals surface area contributed by atoms with Crippen LogP contribution in [0.15, 0.2) is 97.1 Å². The summed E-state index contributed by atoms with van der Waals surface area (Å²) in [4.78, 5) is 0. The fourth-order valence-electron chi connectivity index (χ4n) is 5.65. The molecule has 4 aliphatic heterocycles. The van der Waals surface area contributed by atoms with E-state index in [1.165, 1.54) is 22.3 Å². The highest BCUT2D eigenvalue weighted by molar-refractivity contribution is 5.48. The van der Waals surface area contributed by atoms with Gasteiger partial charge in [0, 0.05) is 11.8 Å². The molecule has 0 aliphatic carbocycles. The minimum Gasteiger partial charge on any atom is -0.491 e. The first kappa shape index (κ1) is 29.3. The number of ether oxygens (including phenoxy) is 8. The van der Waals surface area contributed by atoms with Crippen molar-refractivity contribution < 1.29 is 37.9 Å². The Bertz CT molecular complexity index is 1320. The Morgan fingerprint density at radius 3 is 0.739 bits per heavy atom. The number of epoxide rings is 4. The second kappa shape index (κ2) is 13.3. The molecule has 8 heteroatoms. The van der Waals surface area contributed by atoms with Gasteiger partial charge in [0.15, 0.2) is 0 Å². The molecule has 0 spiro atoms. The summed E-state index contributed by atoms with van der Waals surface area (Å²) in [5.74, 6) is 3.32. The van der Waals surface area contributed by atoms with Crippen LogP contribution in [0.3, 0.4) is 0 Å². The number of benzene rings is 4. The summed E-state index contributed by atoms with van der Waals surface area (Å²) in [5, 5.41) is 0. The van der Waals surface area contributed by atoms with Gasteiger partial charge in [0.05, 0.1) is 26.4 Å². The van der Waals surface area contributed by atoms with Crippen molar-refractivity contribution in [1.29, 1.82) is 0 Å². The second-order valence-corrected chi connectivity index (χ2v) is 12.3. The molecule has 0 N–H and O–H groups in total. The maximum atomic E-state index is 5.98. The van der Waals surface area contributed by atoms with Gasteiger partial charge in [0.2, 0.25) is 0 Å². The van der Waals surface area contributed by atoms with E-state index in [-0.39, 0.29) is 36.3 Å². The summed E-state index contributed by atoms with van der Waals surface area (Å²) in [6.07, 6.45) is 0.820. The van der Waals surface area contributed by atoms with E-state index in [0.29, 0.717) is 26.4 Å². The molecule has 4 aliphatic rings. The third-order valence-electron chi connectivity index (χ3n) is 8.64. The molecule has 4 aromatic rings. The van der Waals surface area contributed by atoms with Crippen LogP contribution in [0.4, 0.5) is 0 Å². The van der Waals surface area contributed by atoms with E-state index in [1.807, 2.05) is 0 Å². The zero-order chi connectivity index (χ0) is 30.7. The molecule has 4 fully saturated rings. The third kappa shape index (κ3) is 7.82. The lowest BCUT2D eigenvalue weighted by Crippen LogP contribution is -2.15. The lowest BCUT2D eigenvalue weighted by Gasteiger charge is -2.30. The summed E-state index contributed by atoms with van der Waals surface area (Å²) < 4.78 is 45.2. The smallest absolute Gasteiger partial charge is 0.119 e. The van der Waals surface area contributed by atoms with E-state index in [2.05, 4.69) is 97.1 Å². The first-order valence-corrected chi connectivity index (χ1v) is 16.1. The van der Waals surface area contributed by atoms with Gasteiger partial charge in [-0.05, 0) is 70.8 Å². The molecule has 4 heterocycles. The Morgan fingerprint density at radius 2 is 0.565 bits per heavy atom. The van der Waals surface area contributed by atoms with Crippen LogP contribution >= 0.6 is 0 Å². The first-order chi connectivity index (χ1) is 22.7. The number of hydrogen-bond donors (Lipinski definition) is 0. The summed E-state index contributed by atoms with van der Waals surface area (Å²) in [5.41, 5.74) is 4.71. The topological polar surface area (TPSA) is 87.0 Å². The van der Waals surface area contributed by atoms with Gasteiger partial charge < -0.3 is 37.9 Å². The van der Waals surface area contributed by atoms with Crippen LogP contribution < -0.4 is 18.9 Å². The molecular formula is C38H38O8. The Hall–Kier alpha value is -4.08. The van der Waals surface area contributed by atoms with Gasteiger partial charge in [-0.3, -0.25) is 0 Å². The fourth-order valence-corrected chi connectivity index (χ4v) is 5.65. The van der Waals surface area contributed by atoms with Gasteiger partial charge in [-0.1, -0.05) is 48.5 Å². The van der Waals surface area contributed by atoms with E-state index in [4.69, 9.17) is 37.9 Å². The van der Waals surface area contributed by atoms with Crippen molar-refractivity contribution in [1.82, 2.24) is 0 Å². The van der Waals surface area contributed by atoms with Gasteiger partial charge in [-0.25, -0.2) is 0 Å². The SMILES string of the molecule is c1cc(C(c2ccc(OCC3CO3)cc2)C(c2ccc(OCC3CO3)cc2)c2ccc(OC[C@H]3CO3)cc2)ccc1OCC1CO1. The molecule has 46 heavy (non-hydrogen) atoms. The summed E-state index contributed by atoms with van der Waals surface area (Å²) in [6, 6.07) is 33.9. The average molecular weight is 623 g/mol. The molecule has 238 valence electrons. The molecule has 0 saturated carbocycles. The highest BCUT2D eigenvalue weighted by atomic mass is 16.6. The Morgan fingerprint density at radius 1 is 0.370 bits per heavy atom.